The standard InChI is InChI=1S/C12H10N6O/c1-17-11-8(9(13)15-16-11)10-14-6-4-2-3-5-7(6)18(10)12(17)19/h2-5H,1H3,(H3,13,15,16). The van der Waals surface area contributed by atoms with Crippen molar-refractivity contribution in [1.82, 2.24) is 24.1 Å². The normalized spacial score (nSPS) is 11.8. The van der Waals surface area contributed by atoms with E-state index in [1.54, 1.807) is 11.4 Å². The molecule has 0 atom stereocenters. The number of anilines is 1. The minimum atomic E-state index is -0.192. The third kappa shape index (κ3) is 1.09. The first-order chi connectivity index (χ1) is 9.18. The van der Waals surface area contributed by atoms with Gasteiger partial charge in [-0.3, -0.25) is 9.67 Å². The first-order valence-corrected chi connectivity index (χ1v) is 5.78. The Morgan fingerprint density at radius 3 is 2.89 bits per heavy atom. The Balaban J connectivity index is 2.48. The molecular formula is C12H10N6O. The van der Waals surface area contributed by atoms with E-state index in [4.69, 9.17) is 5.73 Å². The zero-order valence-electron chi connectivity index (χ0n) is 10.1. The summed E-state index contributed by atoms with van der Waals surface area (Å²) in [6.45, 7) is 0. The molecule has 0 spiro atoms. The molecule has 7 heteroatoms. The van der Waals surface area contributed by atoms with E-state index in [1.165, 1.54) is 4.57 Å². The minimum Gasteiger partial charge on any atom is -0.383 e. The number of para-hydroxylation sites is 2. The lowest BCUT2D eigenvalue weighted by Crippen LogP contribution is -2.24. The maximum Gasteiger partial charge on any atom is 0.335 e. The van der Waals surface area contributed by atoms with Gasteiger partial charge in [-0.25, -0.2) is 14.2 Å². The lowest BCUT2D eigenvalue weighted by molar-refractivity contribution is 0.820. The summed E-state index contributed by atoms with van der Waals surface area (Å²) in [6, 6.07) is 7.48. The first-order valence-electron chi connectivity index (χ1n) is 5.78. The number of aryl methyl sites for hydroxylation is 1. The number of nitrogen functional groups attached to an aromatic ring is 1. The molecule has 1 aromatic carbocycles. The van der Waals surface area contributed by atoms with Gasteiger partial charge in [-0.05, 0) is 12.1 Å². The summed E-state index contributed by atoms with van der Waals surface area (Å²) in [6.07, 6.45) is 0. The third-order valence-electron chi connectivity index (χ3n) is 3.36. The van der Waals surface area contributed by atoms with E-state index >= 15 is 0 Å². The summed E-state index contributed by atoms with van der Waals surface area (Å²) in [7, 11) is 1.67. The van der Waals surface area contributed by atoms with Crippen LogP contribution in [-0.2, 0) is 7.05 Å². The quantitative estimate of drug-likeness (QED) is 0.481. The molecule has 0 aliphatic heterocycles. The van der Waals surface area contributed by atoms with Gasteiger partial charge in [-0.15, -0.1) is 0 Å². The average Bonchev–Trinajstić information content (AvgIpc) is 2.96. The Kier molecular flexibility index (Phi) is 1.67. The summed E-state index contributed by atoms with van der Waals surface area (Å²) in [5.74, 6) is 0.408. The van der Waals surface area contributed by atoms with Crippen LogP contribution in [0, 0.1) is 0 Å². The van der Waals surface area contributed by atoms with Gasteiger partial charge >= 0.3 is 5.69 Å². The number of nitrogens with two attached hydrogens (primary N) is 1. The van der Waals surface area contributed by atoms with Crippen LogP contribution in [0.4, 0.5) is 5.82 Å². The predicted molar refractivity (Wildman–Crippen MR) is 72.0 cm³/mol. The van der Waals surface area contributed by atoms with Gasteiger partial charge in [0, 0.05) is 7.05 Å². The second kappa shape index (κ2) is 3.14. The lowest BCUT2D eigenvalue weighted by Gasteiger charge is -2.01. The highest BCUT2D eigenvalue weighted by atomic mass is 16.1. The van der Waals surface area contributed by atoms with Crippen LogP contribution >= 0.6 is 0 Å². The largest absolute Gasteiger partial charge is 0.383 e. The molecule has 4 rings (SSSR count). The van der Waals surface area contributed by atoms with Crippen molar-refractivity contribution in [2.24, 2.45) is 7.05 Å². The Labute approximate surface area is 106 Å². The lowest BCUT2D eigenvalue weighted by atomic mass is 10.3. The second-order valence-corrected chi connectivity index (χ2v) is 4.44. The molecule has 0 aliphatic carbocycles. The van der Waals surface area contributed by atoms with Crippen LogP contribution in [0.2, 0.25) is 0 Å². The van der Waals surface area contributed by atoms with E-state index in [-0.39, 0.29) is 5.69 Å². The molecular weight excluding hydrogens is 244 g/mol. The van der Waals surface area contributed by atoms with E-state index in [9.17, 15) is 4.79 Å². The molecule has 3 heterocycles. The zero-order chi connectivity index (χ0) is 13.1. The van der Waals surface area contributed by atoms with Gasteiger partial charge in [0.2, 0.25) is 0 Å². The van der Waals surface area contributed by atoms with Crippen molar-refractivity contribution < 1.29 is 0 Å². The fourth-order valence-electron chi connectivity index (χ4n) is 2.44. The van der Waals surface area contributed by atoms with Crippen LogP contribution in [0.5, 0.6) is 0 Å². The molecule has 0 radical (unpaired) electrons. The van der Waals surface area contributed by atoms with Crippen LogP contribution in [0.25, 0.3) is 27.7 Å². The van der Waals surface area contributed by atoms with E-state index in [0.717, 1.165) is 11.0 Å². The van der Waals surface area contributed by atoms with Gasteiger partial charge in [0.25, 0.3) is 0 Å². The molecule has 94 valence electrons. The Morgan fingerprint density at radius 2 is 2.05 bits per heavy atom. The number of aromatic nitrogens is 5. The number of nitrogens with zero attached hydrogens (tertiary/aromatic N) is 4. The Morgan fingerprint density at radius 1 is 1.26 bits per heavy atom. The molecule has 0 saturated carbocycles. The van der Waals surface area contributed by atoms with Crippen molar-refractivity contribution in [3.63, 3.8) is 0 Å². The summed E-state index contributed by atoms with van der Waals surface area (Å²) >= 11 is 0. The highest BCUT2D eigenvalue weighted by Crippen LogP contribution is 2.24. The highest BCUT2D eigenvalue weighted by Gasteiger charge is 2.17. The minimum absolute atomic E-state index is 0.192. The van der Waals surface area contributed by atoms with Crippen molar-refractivity contribution in [3.8, 4) is 0 Å². The van der Waals surface area contributed by atoms with Crippen molar-refractivity contribution in [2.45, 2.75) is 0 Å². The van der Waals surface area contributed by atoms with Crippen LogP contribution in [-0.4, -0.2) is 24.1 Å². The monoisotopic (exact) mass is 254 g/mol. The molecule has 7 nitrogen and oxygen atoms in total. The van der Waals surface area contributed by atoms with Crippen LogP contribution in [0.15, 0.2) is 29.1 Å². The van der Waals surface area contributed by atoms with E-state index in [2.05, 4.69) is 15.2 Å². The second-order valence-electron chi connectivity index (χ2n) is 4.44. The topological polar surface area (TPSA) is 94.0 Å². The molecule has 0 bridgehead atoms. The number of H-pyrrole nitrogens is 1. The van der Waals surface area contributed by atoms with E-state index in [0.29, 0.717) is 22.5 Å². The van der Waals surface area contributed by atoms with Gasteiger partial charge in [0.05, 0.1) is 11.0 Å². The fourth-order valence-corrected chi connectivity index (χ4v) is 2.44. The van der Waals surface area contributed by atoms with Gasteiger partial charge < -0.3 is 5.73 Å². The number of nitrogens with one attached hydrogen (secondary N) is 1. The molecule has 0 fully saturated rings. The SMILES string of the molecule is Cn1c(=O)n2c3ccccc3nc2c2c(N)[nH]nc21. The molecule has 0 aliphatic rings. The number of hydrogen-bond donors (Lipinski definition) is 2. The predicted octanol–water partition coefficient (Wildman–Crippen LogP) is 0.645. The Bertz CT molecular complexity index is 1010. The molecule has 19 heavy (non-hydrogen) atoms. The number of benzene rings is 1. The average molecular weight is 254 g/mol. The fraction of sp³-hybridized carbons (Fsp3) is 0.0833. The number of hydrogen-bond acceptors (Lipinski definition) is 4. The maximum atomic E-state index is 12.4. The van der Waals surface area contributed by atoms with Crippen molar-refractivity contribution in [3.05, 3.63) is 34.7 Å². The van der Waals surface area contributed by atoms with Crippen molar-refractivity contribution in [1.29, 1.82) is 0 Å². The number of aromatic amines is 1. The van der Waals surface area contributed by atoms with E-state index in [1.807, 2.05) is 24.3 Å². The molecule has 0 unspecified atom stereocenters. The van der Waals surface area contributed by atoms with Gasteiger partial charge in [-0.1, -0.05) is 12.1 Å². The van der Waals surface area contributed by atoms with Crippen molar-refractivity contribution >= 4 is 33.5 Å². The summed E-state index contributed by atoms with van der Waals surface area (Å²) < 4.78 is 3.02. The van der Waals surface area contributed by atoms with Crippen LogP contribution in [0.1, 0.15) is 0 Å². The Hall–Kier alpha value is -2.83. The summed E-state index contributed by atoms with van der Waals surface area (Å²) in [4.78, 5) is 16.9. The number of rotatable bonds is 0. The molecule has 4 aromatic rings. The first kappa shape index (κ1) is 10.1. The van der Waals surface area contributed by atoms with Crippen LogP contribution < -0.4 is 11.4 Å². The molecule has 0 amide bonds. The summed E-state index contributed by atoms with van der Waals surface area (Å²) in [5.41, 5.74) is 8.26. The van der Waals surface area contributed by atoms with Gasteiger partial charge in [-0.2, -0.15) is 5.10 Å². The molecule has 3 aromatic heterocycles. The maximum absolute atomic E-state index is 12.4. The van der Waals surface area contributed by atoms with E-state index < -0.39 is 0 Å². The smallest absolute Gasteiger partial charge is 0.335 e. The highest BCUT2D eigenvalue weighted by molar-refractivity contribution is 6.00. The van der Waals surface area contributed by atoms with Gasteiger partial charge in [0.15, 0.2) is 11.3 Å². The van der Waals surface area contributed by atoms with Gasteiger partial charge in [0.1, 0.15) is 11.2 Å². The number of fused-ring (bicyclic) bond motifs is 5. The molecule has 0 saturated heterocycles. The van der Waals surface area contributed by atoms with Crippen LogP contribution in [0.3, 0.4) is 0 Å². The zero-order valence-corrected chi connectivity index (χ0v) is 10.1. The molecule has 3 N–H and O–H groups in total. The van der Waals surface area contributed by atoms with Crippen molar-refractivity contribution in [2.75, 3.05) is 5.73 Å². The number of imidazole rings is 1. The third-order valence-corrected chi connectivity index (χ3v) is 3.36. The summed E-state index contributed by atoms with van der Waals surface area (Å²) in [5, 5.41) is 7.42.